The molecule has 2 aromatic rings. The maximum absolute atomic E-state index is 9.17. The Bertz CT molecular complexity index is 471. The van der Waals surface area contributed by atoms with Crippen LogP contribution in [-0.4, -0.2) is 15.1 Å². The third-order valence-electron chi connectivity index (χ3n) is 2.12. The monoisotopic (exact) mass is 201 g/mol. The number of anilines is 1. The van der Waals surface area contributed by atoms with Crippen molar-refractivity contribution in [2.24, 2.45) is 0 Å². The molecule has 4 heteroatoms. The molecule has 2 rings (SSSR count). The van der Waals surface area contributed by atoms with E-state index >= 15 is 0 Å². The Kier molecular flexibility index (Phi) is 2.60. The number of rotatable bonds is 2. The van der Waals surface area contributed by atoms with Crippen LogP contribution in [-0.2, 0) is 6.61 Å². The molecule has 15 heavy (non-hydrogen) atoms. The van der Waals surface area contributed by atoms with Gasteiger partial charge in [-0.2, -0.15) is 0 Å². The van der Waals surface area contributed by atoms with Crippen LogP contribution in [0.4, 0.5) is 5.82 Å². The lowest BCUT2D eigenvalue weighted by molar-refractivity contribution is 0.282. The molecule has 0 atom stereocenters. The molecule has 0 fully saturated rings. The normalized spacial score (nSPS) is 10.2. The summed E-state index contributed by atoms with van der Waals surface area (Å²) in [6.07, 6.45) is 3.12. The van der Waals surface area contributed by atoms with Crippen molar-refractivity contribution in [2.75, 3.05) is 5.73 Å². The fraction of sp³-hybridized carbons (Fsp3) is 0.0909. The highest BCUT2D eigenvalue weighted by Gasteiger charge is 2.05. The third-order valence-corrected chi connectivity index (χ3v) is 2.12. The number of nitrogens with two attached hydrogens (primary N) is 1. The minimum absolute atomic E-state index is 0.0212. The smallest absolute Gasteiger partial charge is 0.142 e. The lowest BCUT2D eigenvalue weighted by Crippen LogP contribution is -1.96. The Hall–Kier alpha value is -1.94. The van der Waals surface area contributed by atoms with Gasteiger partial charge in [0.1, 0.15) is 5.82 Å². The molecule has 0 amide bonds. The summed E-state index contributed by atoms with van der Waals surface area (Å²) < 4.78 is 0. The molecule has 0 aliphatic rings. The average Bonchev–Trinajstić information content (AvgIpc) is 2.29. The summed E-state index contributed by atoms with van der Waals surface area (Å²) in [5, 5.41) is 9.17. The average molecular weight is 201 g/mol. The predicted molar refractivity (Wildman–Crippen MR) is 57.8 cm³/mol. The van der Waals surface area contributed by atoms with Crippen molar-refractivity contribution >= 4 is 5.82 Å². The molecular weight excluding hydrogens is 190 g/mol. The molecule has 0 bridgehead atoms. The lowest BCUT2D eigenvalue weighted by atomic mass is 10.1. The SMILES string of the molecule is Nc1cncc(-c2ccccc2CO)n1. The topological polar surface area (TPSA) is 72.0 Å². The van der Waals surface area contributed by atoms with Gasteiger partial charge in [-0.15, -0.1) is 0 Å². The highest BCUT2D eigenvalue weighted by Crippen LogP contribution is 2.21. The molecule has 0 saturated carbocycles. The van der Waals surface area contributed by atoms with Crippen molar-refractivity contribution in [1.82, 2.24) is 9.97 Å². The molecule has 1 aromatic heterocycles. The van der Waals surface area contributed by atoms with Crippen LogP contribution in [0.25, 0.3) is 11.3 Å². The van der Waals surface area contributed by atoms with Gasteiger partial charge in [-0.3, -0.25) is 4.98 Å². The van der Waals surface area contributed by atoms with Gasteiger partial charge in [-0.05, 0) is 5.56 Å². The van der Waals surface area contributed by atoms with E-state index < -0.39 is 0 Å². The van der Waals surface area contributed by atoms with Gasteiger partial charge in [0.25, 0.3) is 0 Å². The van der Waals surface area contributed by atoms with Crippen LogP contribution in [0.3, 0.4) is 0 Å². The van der Waals surface area contributed by atoms with Crippen LogP contribution < -0.4 is 5.73 Å². The number of hydrogen-bond acceptors (Lipinski definition) is 4. The molecule has 76 valence electrons. The van der Waals surface area contributed by atoms with E-state index in [1.165, 1.54) is 6.20 Å². The molecule has 0 aliphatic heterocycles. The summed E-state index contributed by atoms with van der Waals surface area (Å²) in [4.78, 5) is 8.12. The van der Waals surface area contributed by atoms with Crippen LogP contribution in [0.2, 0.25) is 0 Å². The largest absolute Gasteiger partial charge is 0.392 e. The number of benzene rings is 1. The number of nitrogens with zero attached hydrogens (tertiary/aromatic N) is 2. The van der Waals surface area contributed by atoms with Gasteiger partial charge in [0, 0.05) is 5.56 Å². The van der Waals surface area contributed by atoms with Gasteiger partial charge >= 0.3 is 0 Å². The van der Waals surface area contributed by atoms with Gasteiger partial charge in [-0.1, -0.05) is 24.3 Å². The maximum atomic E-state index is 9.17. The molecule has 0 unspecified atom stereocenters. The van der Waals surface area contributed by atoms with Crippen LogP contribution in [0.15, 0.2) is 36.7 Å². The molecule has 0 aliphatic carbocycles. The second kappa shape index (κ2) is 4.06. The van der Waals surface area contributed by atoms with Gasteiger partial charge in [0.2, 0.25) is 0 Å². The Labute approximate surface area is 87.4 Å². The van der Waals surface area contributed by atoms with Crippen LogP contribution >= 0.6 is 0 Å². The van der Waals surface area contributed by atoms with Crippen molar-refractivity contribution < 1.29 is 5.11 Å². The second-order valence-electron chi connectivity index (χ2n) is 3.14. The van der Waals surface area contributed by atoms with Gasteiger partial charge in [0.05, 0.1) is 24.7 Å². The summed E-state index contributed by atoms with van der Waals surface area (Å²) >= 11 is 0. The van der Waals surface area contributed by atoms with Gasteiger partial charge < -0.3 is 10.8 Å². The highest BCUT2D eigenvalue weighted by molar-refractivity contribution is 5.63. The fourth-order valence-corrected chi connectivity index (χ4v) is 1.42. The number of nitrogen functional groups attached to an aromatic ring is 1. The van der Waals surface area contributed by atoms with E-state index in [9.17, 15) is 0 Å². The van der Waals surface area contributed by atoms with Crippen LogP contribution in [0, 0.1) is 0 Å². The quantitative estimate of drug-likeness (QED) is 0.766. The van der Waals surface area contributed by atoms with E-state index in [0.717, 1.165) is 11.1 Å². The first-order valence-corrected chi connectivity index (χ1v) is 4.58. The first-order chi connectivity index (χ1) is 7.31. The standard InChI is InChI=1S/C11H11N3O/c12-11-6-13-5-10(14-11)9-4-2-1-3-8(9)7-15/h1-6,15H,7H2,(H2,12,14). The van der Waals surface area contributed by atoms with E-state index in [4.69, 9.17) is 10.8 Å². The van der Waals surface area contributed by atoms with Crippen molar-refractivity contribution in [2.45, 2.75) is 6.61 Å². The lowest BCUT2D eigenvalue weighted by Gasteiger charge is -2.05. The molecule has 0 radical (unpaired) electrons. The second-order valence-corrected chi connectivity index (χ2v) is 3.14. The molecular formula is C11H11N3O. The summed E-state index contributed by atoms with van der Waals surface area (Å²) in [6.45, 7) is -0.0212. The highest BCUT2D eigenvalue weighted by atomic mass is 16.3. The number of aliphatic hydroxyl groups is 1. The first kappa shape index (κ1) is 9.61. The summed E-state index contributed by atoms with van der Waals surface area (Å²) in [7, 11) is 0. The number of aromatic nitrogens is 2. The minimum Gasteiger partial charge on any atom is -0.392 e. The van der Waals surface area contributed by atoms with Crippen LogP contribution in [0.1, 0.15) is 5.56 Å². The van der Waals surface area contributed by atoms with Crippen molar-refractivity contribution in [3.05, 3.63) is 42.2 Å². The number of hydrogen-bond donors (Lipinski definition) is 2. The zero-order chi connectivity index (χ0) is 10.7. The van der Waals surface area contributed by atoms with E-state index in [1.807, 2.05) is 24.3 Å². The van der Waals surface area contributed by atoms with E-state index in [0.29, 0.717) is 11.5 Å². The Balaban J connectivity index is 2.53. The van der Waals surface area contributed by atoms with Gasteiger partial charge in [0.15, 0.2) is 0 Å². The third kappa shape index (κ3) is 1.94. The van der Waals surface area contributed by atoms with Crippen LogP contribution in [0.5, 0.6) is 0 Å². The molecule has 1 heterocycles. The van der Waals surface area contributed by atoms with Crippen molar-refractivity contribution in [3.63, 3.8) is 0 Å². The molecule has 4 nitrogen and oxygen atoms in total. The van der Waals surface area contributed by atoms with E-state index in [1.54, 1.807) is 6.20 Å². The molecule has 1 aromatic carbocycles. The summed E-state index contributed by atoms with van der Waals surface area (Å²) in [5.74, 6) is 0.375. The van der Waals surface area contributed by atoms with Crippen molar-refractivity contribution in [3.8, 4) is 11.3 Å². The maximum Gasteiger partial charge on any atom is 0.142 e. The van der Waals surface area contributed by atoms with E-state index in [-0.39, 0.29) is 6.61 Å². The zero-order valence-electron chi connectivity index (χ0n) is 8.09. The van der Waals surface area contributed by atoms with Crippen molar-refractivity contribution in [1.29, 1.82) is 0 Å². The minimum atomic E-state index is -0.0212. The predicted octanol–water partition coefficient (Wildman–Crippen LogP) is 1.22. The molecule has 3 N–H and O–H groups in total. The van der Waals surface area contributed by atoms with Gasteiger partial charge in [-0.25, -0.2) is 4.98 Å². The fourth-order valence-electron chi connectivity index (χ4n) is 1.42. The number of aliphatic hydroxyl groups excluding tert-OH is 1. The molecule has 0 saturated heterocycles. The Morgan fingerprint density at radius 1 is 1.20 bits per heavy atom. The summed E-state index contributed by atoms with van der Waals surface area (Å²) in [6, 6.07) is 7.49. The Morgan fingerprint density at radius 3 is 2.73 bits per heavy atom. The Morgan fingerprint density at radius 2 is 2.00 bits per heavy atom. The first-order valence-electron chi connectivity index (χ1n) is 4.58. The molecule has 0 spiro atoms. The zero-order valence-corrected chi connectivity index (χ0v) is 8.09. The van der Waals surface area contributed by atoms with E-state index in [2.05, 4.69) is 9.97 Å². The summed E-state index contributed by atoms with van der Waals surface area (Å²) in [5.41, 5.74) is 7.91.